The van der Waals surface area contributed by atoms with E-state index in [1.165, 1.54) is 24.5 Å². The third kappa shape index (κ3) is 4.36. The van der Waals surface area contributed by atoms with E-state index in [0.29, 0.717) is 28.5 Å². The second kappa shape index (κ2) is 7.78. The first-order valence-corrected chi connectivity index (χ1v) is 11.5. The minimum absolute atomic E-state index is 0.247. The maximum Gasteiger partial charge on any atom is 0.345 e. The average molecular weight is 393 g/mol. The van der Waals surface area contributed by atoms with Gasteiger partial charge < -0.3 is 18.5 Å². The highest BCUT2D eigenvalue weighted by molar-refractivity contribution is 8.32. The van der Waals surface area contributed by atoms with Gasteiger partial charge in [0.15, 0.2) is 0 Å². The molecule has 0 spiro atoms. The molecule has 3 aromatic rings. The lowest BCUT2D eigenvalue weighted by molar-refractivity contribution is 0.0924. The van der Waals surface area contributed by atoms with Crippen LogP contribution in [0, 0.1) is 5.82 Å². The summed E-state index contributed by atoms with van der Waals surface area (Å²) in [6, 6.07) is 5.83. The molecule has 0 radical (unpaired) electrons. The molecule has 5 nitrogen and oxygen atoms in total. The molecule has 0 aliphatic rings. The van der Waals surface area contributed by atoms with E-state index >= 15 is 0 Å². The van der Waals surface area contributed by atoms with E-state index in [0.717, 1.165) is 11.4 Å². The van der Waals surface area contributed by atoms with Gasteiger partial charge in [-0.15, -0.1) is 0 Å². The van der Waals surface area contributed by atoms with Crippen molar-refractivity contribution < 1.29 is 18.3 Å². The van der Waals surface area contributed by atoms with E-state index in [1.807, 2.05) is 4.57 Å². The SMILES string of the molecule is CO/C=C/c1cc2c(=O)oc3ccc(F)cc3c2n1COCCS(C)(C)C. The summed E-state index contributed by atoms with van der Waals surface area (Å²) in [5, 5.41) is 0.917. The van der Waals surface area contributed by atoms with Gasteiger partial charge in [-0.25, -0.2) is 19.2 Å². The molecule has 0 saturated heterocycles. The van der Waals surface area contributed by atoms with E-state index in [9.17, 15) is 9.18 Å². The summed E-state index contributed by atoms with van der Waals surface area (Å²) in [4.78, 5) is 12.4. The van der Waals surface area contributed by atoms with Gasteiger partial charge in [0.2, 0.25) is 0 Å². The molecular formula is C20H24FNO4S. The number of benzene rings is 1. The Kier molecular flexibility index (Phi) is 5.62. The zero-order valence-electron chi connectivity index (χ0n) is 16.0. The fourth-order valence-electron chi connectivity index (χ4n) is 2.83. The van der Waals surface area contributed by atoms with E-state index in [2.05, 4.69) is 18.8 Å². The van der Waals surface area contributed by atoms with Crippen molar-refractivity contribution in [3.05, 3.63) is 52.5 Å². The summed E-state index contributed by atoms with van der Waals surface area (Å²) in [5.41, 5.74) is 1.20. The number of ether oxygens (including phenoxy) is 2. The second-order valence-corrected chi connectivity index (χ2v) is 11.7. The molecule has 2 aromatic heterocycles. The third-order valence-electron chi connectivity index (χ3n) is 4.18. The van der Waals surface area contributed by atoms with Gasteiger partial charge in [-0.3, -0.25) is 0 Å². The number of halogens is 1. The zero-order valence-corrected chi connectivity index (χ0v) is 16.8. The van der Waals surface area contributed by atoms with E-state index in [-0.39, 0.29) is 6.73 Å². The van der Waals surface area contributed by atoms with Crippen LogP contribution in [0.15, 0.2) is 39.7 Å². The van der Waals surface area contributed by atoms with Crippen molar-refractivity contribution in [2.24, 2.45) is 0 Å². The van der Waals surface area contributed by atoms with Crippen molar-refractivity contribution in [2.75, 3.05) is 38.2 Å². The Bertz CT molecular complexity index is 1050. The Morgan fingerprint density at radius 1 is 1.22 bits per heavy atom. The van der Waals surface area contributed by atoms with E-state index in [1.54, 1.807) is 19.3 Å². The molecule has 0 aliphatic carbocycles. The van der Waals surface area contributed by atoms with Gasteiger partial charge in [-0.05, 0) is 49.1 Å². The predicted molar refractivity (Wildman–Crippen MR) is 110 cm³/mol. The maximum absolute atomic E-state index is 13.9. The number of methoxy groups -OCH3 is 1. The predicted octanol–water partition coefficient (Wildman–Crippen LogP) is 4.17. The molecule has 0 amide bonds. The lowest BCUT2D eigenvalue weighted by Crippen LogP contribution is -2.11. The standard InChI is InChI=1S/C20H24FNO4S/c1-24-8-7-15-12-17-19(22(15)13-25-9-10-27(2,3)4)16-11-14(21)5-6-18(16)26-20(17)23/h5-8,11-12H,9-10,13H2,1-4H3/b8-7+. The molecule has 3 rings (SSSR count). The van der Waals surface area contributed by atoms with Crippen LogP contribution in [-0.2, 0) is 16.2 Å². The van der Waals surface area contributed by atoms with Gasteiger partial charge in [0, 0.05) is 16.8 Å². The molecule has 0 saturated carbocycles. The highest BCUT2D eigenvalue weighted by Crippen LogP contribution is 2.34. The second-order valence-electron chi connectivity index (χ2n) is 7.16. The normalized spacial score (nSPS) is 13.1. The highest BCUT2D eigenvalue weighted by Gasteiger charge is 2.16. The molecule has 146 valence electrons. The van der Waals surface area contributed by atoms with Crippen molar-refractivity contribution in [3.8, 4) is 0 Å². The Hall–Kier alpha value is -2.25. The van der Waals surface area contributed by atoms with Gasteiger partial charge in [0.05, 0.1) is 30.9 Å². The Labute approximate surface area is 158 Å². The molecular weight excluding hydrogens is 369 g/mol. The third-order valence-corrected chi connectivity index (χ3v) is 5.57. The number of rotatable bonds is 7. The van der Waals surface area contributed by atoms with Gasteiger partial charge in [-0.1, -0.05) is 0 Å². The largest absolute Gasteiger partial charge is 0.504 e. The van der Waals surface area contributed by atoms with Crippen LogP contribution >= 0.6 is 10.0 Å². The van der Waals surface area contributed by atoms with Crippen LogP contribution in [-0.4, -0.2) is 42.8 Å². The highest BCUT2D eigenvalue weighted by atomic mass is 32.3. The van der Waals surface area contributed by atoms with Crippen LogP contribution in [0.3, 0.4) is 0 Å². The van der Waals surface area contributed by atoms with Gasteiger partial charge in [0.25, 0.3) is 0 Å². The summed E-state index contributed by atoms with van der Waals surface area (Å²) < 4.78 is 31.9. The van der Waals surface area contributed by atoms with Crippen molar-refractivity contribution in [3.63, 3.8) is 0 Å². The van der Waals surface area contributed by atoms with Gasteiger partial charge >= 0.3 is 5.63 Å². The van der Waals surface area contributed by atoms with E-state index < -0.39 is 21.5 Å². The molecule has 0 atom stereocenters. The fourth-order valence-corrected chi connectivity index (χ4v) is 3.44. The minimum atomic E-state index is -0.662. The smallest absolute Gasteiger partial charge is 0.345 e. The number of aromatic nitrogens is 1. The summed E-state index contributed by atoms with van der Waals surface area (Å²) in [5.74, 6) is 0.587. The molecule has 27 heavy (non-hydrogen) atoms. The molecule has 0 bridgehead atoms. The Morgan fingerprint density at radius 3 is 2.70 bits per heavy atom. The number of hydrogen-bond donors (Lipinski definition) is 0. The van der Waals surface area contributed by atoms with E-state index in [4.69, 9.17) is 13.9 Å². The maximum atomic E-state index is 13.9. The van der Waals surface area contributed by atoms with Crippen molar-refractivity contribution in [1.29, 1.82) is 0 Å². The van der Waals surface area contributed by atoms with Crippen LogP contribution in [0.5, 0.6) is 0 Å². The number of nitrogens with zero attached hydrogens (tertiary/aromatic N) is 1. The molecule has 0 unspecified atom stereocenters. The Morgan fingerprint density at radius 2 is 2.00 bits per heavy atom. The summed E-state index contributed by atoms with van der Waals surface area (Å²) in [6.07, 6.45) is 9.96. The quantitative estimate of drug-likeness (QED) is 0.343. The molecule has 0 fully saturated rings. The molecule has 0 N–H and O–H groups in total. The summed E-state index contributed by atoms with van der Waals surface area (Å²) in [6.45, 7) is 0.858. The first kappa shape index (κ1) is 19.5. The molecule has 2 heterocycles. The first-order chi connectivity index (χ1) is 12.8. The van der Waals surface area contributed by atoms with Crippen molar-refractivity contribution >= 4 is 38.0 Å². The topological polar surface area (TPSA) is 53.6 Å². The summed E-state index contributed by atoms with van der Waals surface area (Å²) in [7, 11) is 0.885. The van der Waals surface area contributed by atoms with Crippen molar-refractivity contribution in [2.45, 2.75) is 6.73 Å². The minimum Gasteiger partial charge on any atom is -0.504 e. The first-order valence-electron chi connectivity index (χ1n) is 8.49. The van der Waals surface area contributed by atoms with Crippen molar-refractivity contribution in [1.82, 2.24) is 4.57 Å². The zero-order chi connectivity index (χ0) is 19.6. The fraction of sp³-hybridized carbons (Fsp3) is 0.350. The van der Waals surface area contributed by atoms with Crippen LogP contribution in [0.4, 0.5) is 4.39 Å². The lowest BCUT2D eigenvalue weighted by atomic mass is 10.2. The molecule has 7 heteroatoms. The Balaban J connectivity index is 2.12. The summed E-state index contributed by atoms with van der Waals surface area (Å²) >= 11 is 0. The molecule has 1 aromatic carbocycles. The molecule has 0 aliphatic heterocycles. The van der Waals surface area contributed by atoms with Crippen LogP contribution in [0.25, 0.3) is 27.9 Å². The van der Waals surface area contributed by atoms with Gasteiger partial charge in [0.1, 0.15) is 18.1 Å². The lowest BCUT2D eigenvalue weighted by Gasteiger charge is -2.24. The van der Waals surface area contributed by atoms with Gasteiger partial charge in [-0.2, -0.15) is 0 Å². The van der Waals surface area contributed by atoms with Crippen LogP contribution in [0.2, 0.25) is 0 Å². The van der Waals surface area contributed by atoms with Crippen LogP contribution < -0.4 is 5.63 Å². The monoisotopic (exact) mass is 393 g/mol. The van der Waals surface area contributed by atoms with Crippen LogP contribution in [0.1, 0.15) is 5.69 Å². The average Bonchev–Trinajstić information content (AvgIpc) is 2.96. The number of hydrogen-bond acceptors (Lipinski definition) is 4. The number of fused-ring (bicyclic) bond motifs is 3.